The molecule has 2 heterocycles. The van der Waals surface area contributed by atoms with Gasteiger partial charge in [0.05, 0.1) is 0 Å². The van der Waals surface area contributed by atoms with Crippen LogP contribution in [0.1, 0.15) is 12.0 Å². The zero-order chi connectivity index (χ0) is 10.7. The molecule has 16 heavy (non-hydrogen) atoms. The number of nitrogens with two attached hydrogens (primary N) is 1. The lowest BCUT2D eigenvalue weighted by Crippen LogP contribution is -2.14. The van der Waals surface area contributed by atoms with Gasteiger partial charge >= 0.3 is 0 Å². The molecule has 0 fully saturated rings. The summed E-state index contributed by atoms with van der Waals surface area (Å²) in [6.45, 7) is 0.321. The lowest BCUT2D eigenvalue weighted by Gasteiger charge is -2.05. The summed E-state index contributed by atoms with van der Waals surface area (Å²) in [7, 11) is 1.56. The third kappa shape index (κ3) is 2.59. The molecule has 0 radical (unpaired) electrons. The Labute approximate surface area is 103 Å². The van der Waals surface area contributed by atoms with E-state index in [1.807, 2.05) is 16.8 Å². The van der Waals surface area contributed by atoms with Gasteiger partial charge in [0.1, 0.15) is 6.10 Å². The summed E-state index contributed by atoms with van der Waals surface area (Å²) < 4.78 is 10.2. The topological polar surface area (TPSA) is 74.2 Å². The van der Waals surface area contributed by atoms with Crippen molar-refractivity contribution in [2.45, 2.75) is 6.10 Å². The second kappa shape index (κ2) is 5.95. The molecule has 2 N–H and O–H groups in total. The van der Waals surface area contributed by atoms with Crippen LogP contribution in [0.25, 0.3) is 11.4 Å². The van der Waals surface area contributed by atoms with Crippen molar-refractivity contribution in [1.29, 1.82) is 0 Å². The summed E-state index contributed by atoms with van der Waals surface area (Å²) in [4.78, 5) is 4.22. The van der Waals surface area contributed by atoms with Crippen molar-refractivity contribution in [3.63, 3.8) is 0 Å². The first-order chi connectivity index (χ1) is 7.35. The molecule has 0 aliphatic heterocycles. The molecule has 88 valence electrons. The van der Waals surface area contributed by atoms with Gasteiger partial charge in [0.2, 0.25) is 5.82 Å². The molecule has 0 amide bonds. The van der Waals surface area contributed by atoms with Crippen molar-refractivity contribution in [3.8, 4) is 11.4 Å². The van der Waals surface area contributed by atoms with Crippen LogP contribution in [0.5, 0.6) is 0 Å². The number of halogens is 1. The largest absolute Gasteiger partial charge is 0.370 e. The Morgan fingerprint density at radius 2 is 2.44 bits per heavy atom. The van der Waals surface area contributed by atoms with Crippen molar-refractivity contribution in [1.82, 2.24) is 10.1 Å². The van der Waals surface area contributed by atoms with E-state index in [-0.39, 0.29) is 18.5 Å². The number of nitrogens with zero attached hydrogens (tertiary/aromatic N) is 2. The molecule has 0 aromatic carbocycles. The molecule has 0 saturated heterocycles. The van der Waals surface area contributed by atoms with Crippen molar-refractivity contribution in [2.75, 3.05) is 13.7 Å². The molecule has 0 bridgehead atoms. The van der Waals surface area contributed by atoms with Crippen LogP contribution in [0.2, 0.25) is 0 Å². The van der Waals surface area contributed by atoms with Gasteiger partial charge in [-0.15, -0.1) is 12.4 Å². The first-order valence-corrected chi connectivity index (χ1v) is 5.38. The lowest BCUT2D eigenvalue weighted by molar-refractivity contribution is 0.0804. The van der Waals surface area contributed by atoms with Gasteiger partial charge in [-0.1, -0.05) is 5.16 Å². The molecule has 0 spiro atoms. The highest BCUT2D eigenvalue weighted by molar-refractivity contribution is 7.08. The van der Waals surface area contributed by atoms with Crippen LogP contribution in [0.4, 0.5) is 0 Å². The van der Waals surface area contributed by atoms with Gasteiger partial charge in [-0.25, -0.2) is 0 Å². The molecule has 0 aliphatic carbocycles. The maximum absolute atomic E-state index is 5.49. The summed E-state index contributed by atoms with van der Waals surface area (Å²) in [5, 5.41) is 7.78. The zero-order valence-corrected chi connectivity index (χ0v) is 10.3. The minimum Gasteiger partial charge on any atom is -0.370 e. The SMILES string of the molecule is COC(CN)c1nc(-c2ccsc2)no1.Cl. The van der Waals surface area contributed by atoms with E-state index in [9.17, 15) is 0 Å². The van der Waals surface area contributed by atoms with Crippen LogP contribution >= 0.6 is 23.7 Å². The van der Waals surface area contributed by atoms with Gasteiger partial charge < -0.3 is 15.0 Å². The average molecular weight is 262 g/mol. The van der Waals surface area contributed by atoms with Crippen molar-refractivity contribution in [3.05, 3.63) is 22.7 Å². The fourth-order valence-corrected chi connectivity index (χ4v) is 1.81. The average Bonchev–Trinajstić information content (AvgIpc) is 2.89. The van der Waals surface area contributed by atoms with Gasteiger partial charge in [0, 0.05) is 24.6 Å². The second-order valence-corrected chi connectivity index (χ2v) is 3.71. The molecular weight excluding hydrogens is 250 g/mol. The highest BCUT2D eigenvalue weighted by Crippen LogP contribution is 2.21. The molecule has 2 aromatic heterocycles. The van der Waals surface area contributed by atoms with Crippen molar-refractivity contribution >= 4 is 23.7 Å². The first-order valence-electron chi connectivity index (χ1n) is 4.44. The third-order valence-corrected chi connectivity index (χ3v) is 2.68. The molecule has 1 atom stereocenters. The van der Waals surface area contributed by atoms with E-state index in [0.717, 1.165) is 5.56 Å². The Balaban J connectivity index is 0.00000128. The van der Waals surface area contributed by atoms with Crippen molar-refractivity contribution in [2.24, 2.45) is 5.73 Å². The third-order valence-electron chi connectivity index (χ3n) is 2.00. The predicted octanol–water partition coefficient (Wildman–Crippen LogP) is 1.87. The van der Waals surface area contributed by atoms with Crippen LogP contribution in [0.3, 0.4) is 0 Å². The minimum atomic E-state index is -0.329. The van der Waals surface area contributed by atoms with E-state index in [2.05, 4.69) is 10.1 Å². The van der Waals surface area contributed by atoms with Crippen LogP contribution in [-0.4, -0.2) is 23.8 Å². The van der Waals surface area contributed by atoms with E-state index in [0.29, 0.717) is 18.3 Å². The van der Waals surface area contributed by atoms with Gasteiger partial charge in [-0.3, -0.25) is 0 Å². The van der Waals surface area contributed by atoms with E-state index in [1.165, 1.54) is 0 Å². The van der Waals surface area contributed by atoms with Crippen LogP contribution in [-0.2, 0) is 4.74 Å². The van der Waals surface area contributed by atoms with Gasteiger partial charge in [0.15, 0.2) is 0 Å². The van der Waals surface area contributed by atoms with Crippen molar-refractivity contribution < 1.29 is 9.26 Å². The normalized spacial score (nSPS) is 12.1. The zero-order valence-electron chi connectivity index (χ0n) is 8.62. The maximum atomic E-state index is 5.49. The molecule has 0 aliphatic rings. The van der Waals surface area contributed by atoms with Crippen LogP contribution < -0.4 is 5.73 Å². The predicted molar refractivity (Wildman–Crippen MR) is 63.7 cm³/mol. The number of aromatic nitrogens is 2. The van der Waals surface area contributed by atoms with E-state index in [1.54, 1.807) is 18.4 Å². The fraction of sp³-hybridized carbons (Fsp3) is 0.333. The van der Waals surface area contributed by atoms with E-state index >= 15 is 0 Å². The summed E-state index contributed by atoms with van der Waals surface area (Å²) in [5.41, 5.74) is 6.44. The summed E-state index contributed by atoms with van der Waals surface area (Å²) in [6, 6.07) is 1.93. The number of hydrogen-bond acceptors (Lipinski definition) is 6. The number of hydrogen-bond donors (Lipinski definition) is 1. The summed E-state index contributed by atoms with van der Waals surface area (Å²) >= 11 is 1.59. The van der Waals surface area contributed by atoms with Gasteiger partial charge in [0.25, 0.3) is 5.89 Å². The Morgan fingerprint density at radius 3 is 3.00 bits per heavy atom. The van der Waals surface area contributed by atoms with Crippen LogP contribution in [0.15, 0.2) is 21.3 Å². The maximum Gasteiger partial charge on any atom is 0.257 e. The van der Waals surface area contributed by atoms with Gasteiger partial charge in [-0.2, -0.15) is 16.3 Å². The van der Waals surface area contributed by atoms with E-state index < -0.39 is 0 Å². The summed E-state index contributed by atoms with van der Waals surface area (Å²) in [6.07, 6.45) is -0.329. The first kappa shape index (κ1) is 13.1. The smallest absolute Gasteiger partial charge is 0.257 e. The number of rotatable bonds is 4. The molecule has 1 unspecified atom stereocenters. The highest BCUT2D eigenvalue weighted by atomic mass is 35.5. The number of methoxy groups -OCH3 is 1. The standard InChI is InChI=1S/C9H11N3O2S.ClH/c1-13-7(4-10)9-11-8(12-14-9)6-2-3-15-5-6;/h2-3,5,7H,4,10H2,1H3;1H. The Kier molecular flexibility index (Phi) is 4.88. The minimum absolute atomic E-state index is 0. The molecule has 0 saturated carbocycles. The monoisotopic (exact) mass is 261 g/mol. The quantitative estimate of drug-likeness (QED) is 0.909. The lowest BCUT2D eigenvalue weighted by atomic mass is 10.3. The Bertz CT molecular complexity index is 414. The van der Waals surface area contributed by atoms with Crippen LogP contribution in [0, 0.1) is 0 Å². The molecule has 7 heteroatoms. The molecule has 2 aromatic rings. The highest BCUT2D eigenvalue weighted by Gasteiger charge is 2.17. The number of thiophene rings is 1. The summed E-state index contributed by atoms with van der Waals surface area (Å²) in [5.74, 6) is 0.989. The molecule has 2 rings (SSSR count). The Hall–Kier alpha value is -0.950. The van der Waals surface area contributed by atoms with E-state index in [4.69, 9.17) is 15.0 Å². The molecule has 5 nitrogen and oxygen atoms in total. The fourth-order valence-electron chi connectivity index (χ4n) is 1.17. The molecular formula is C9H12ClN3O2S. The van der Waals surface area contributed by atoms with Gasteiger partial charge in [-0.05, 0) is 11.4 Å². The Morgan fingerprint density at radius 1 is 1.62 bits per heavy atom. The number of ether oxygens (including phenoxy) is 1. The second-order valence-electron chi connectivity index (χ2n) is 2.93.